The maximum Gasteiger partial charge on any atom is 0.254 e. The van der Waals surface area contributed by atoms with Crippen LogP contribution in [0, 0.1) is 12.8 Å². The van der Waals surface area contributed by atoms with Crippen LogP contribution in [0.25, 0.3) is 0 Å². The van der Waals surface area contributed by atoms with Gasteiger partial charge in [0.2, 0.25) is 5.91 Å². The fourth-order valence-electron chi connectivity index (χ4n) is 3.03. The fourth-order valence-corrected chi connectivity index (χ4v) is 3.51. The molecule has 7 heteroatoms. The van der Waals surface area contributed by atoms with E-state index in [9.17, 15) is 9.59 Å². The van der Waals surface area contributed by atoms with Crippen molar-refractivity contribution in [3.8, 4) is 0 Å². The van der Waals surface area contributed by atoms with E-state index in [0.717, 1.165) is 42.4 Å². The number of likely N-dealkylation sites (tertiary alicyclic amines) is 1. The molecule has 0 bridgehead atoms. The smallest absolute Gasteiger partial charge is 0.254 e. The minimum absolute atomic E-state index is 0. The predicted octanol–water partition coefficient (Wildman–Crippen LogP) is 2.76. The zero-order valence-electron chi connectivity index (χ0n) is 14.8. The summed E-state index contributed by atoms with van der Waals surface area (Å²) >= 11 is 3.42. The number of hydrogen-bond acceptors (Lipinski definition) is 3. The van der Waals surface area contributed by atoms with Crippen LogP contribution >= 0.6 is 28.3 Å². The highest BCUT2D eigenvalue weighted by Gasteiger charge is 2.29. The van der Waals surface area contributed by atoms with Gasteiger partial charge in [0.25, 0.3) is 5.91 Å². The van der Waals surface area contributed by atoms with Crippen molar-refractivity contribution in [2.75, 3.05) is 33.2 Å². The number of carbonyl (C=O) groups excluding carboxylic acids is 2. The average molecular weight is 433 g/mol. The Morgan fingerprint density at radius 3 is 2.76 bits per heavy atom. The predicted molar refractivity (Wildman–Crippen MR) is 106 cm³/mol. The number of nitrogens with one attached hydrogen (secondary N) is 2. The lowest BCUT2D eigenvalue weighted by molar-refractivity contribution is -0.126. The van der Waals surface area contributed by atoms with Gasteiger partial charge in [-0.2, -0.15) is 0 Å². The van der Waals surface area contributed by atoms with Gasteiger partial charge in [0, 0.05) is 29.7 Å². The normalized spacial score (nSPS) is 16.9. The Kier molecular flexibility index (Phi) is 9.46. The molecule has 25 heavy (non-hydrogen) atoms. The Hall–Kier alpha value is -1.11. The standard InChI is InChI=1S/C18H26BrN3O2.ClH/c1-13-11-15(19)6-7-16(13)18(24)22-10-3-5-14(12-22)17(23)21-9-4-8-20-2;/h6-7,11,14,20H,3-5,8-10,12H2,1-2H3,(H,21,23);1H. The van der Waals surface area contributed by atoms with Crippen LogP contribution in [-0.2, 0) is 4.79 Å². The fraction of sp³-hybridized carbons (Fsp3) is 0.556. The molecular weight excluding hydrogens is 406 g/mol. The van der Waals surface area contributed by atoms with Gasteiger partial charge in [-0.05, 0) is 63.5 Å². The first-order valence-electron chi connectivity index (χ1n) is 8.50. The molecule has 0 radical (unpaired) electrons. The van der Waals surface area contributed by atoms with Crippen LogP contribution in [-0.4, -0.2) is 49.9 Å². The second-order valence-electron chi connectivity index (χ2n) is 6.30. The number of aryl methyl sites for hydroxylation is 1. The topological polar surface area (TPSA) is 61.4 Å². The first-order chi connectivity index (χ1) is 11.5. The zero-order valence-corrected chi connectivity index (χ0v) is 17.2. The Labute approximate surface area is 164 Å². The number of rotatable bonds is 6. The molecule has 2 rings (SSSR count). The molecule has 1 unspecified atom stereocenters. The summed E-state index contributed by atoms with van der Waals surface area (Å²) < 4.78 is 0.967. The summed E-state index contributed by atoms with van der Waals surface area (Å²) in [6, 6.07) is 5.68. The molecule has 0 spiro atoms. The number of hydrogen-bond donors (Lipinski definition) is 2. The number of halogens is 2. The van der Waals surface area contributed by atoms with E-state index in [-0.39, 0.29) is 30.1 Å². The second-order valence-corrected chi connectivity index (χ2v) is 7.21. The van der Waals surface area contributed by atoms with Crippen molar-refractivity contribution >= 4 is 40.2 Å². The molecule has 2 amide bonds. The van der Waals surface area contributed by atoms with E-state index in [1.165, 1.54) is 0 Å². The van der Waals surface area contributed by atoms with Gasteiger partial charge in [0.15, 0.2) is 0 Å². The lowest BCUT2D eigenvalue weighted by Crippen LogP contribution is -2.45. The van der Waals surface area contributed by atoms with Crippen LogP contribution in [0.1, 0.15) is 35.2 Å². The molecule has 0 aromatic heterocycles. The SMILES string of the molecule is CNCCCNC(=O)C1CCCN(C(=O)c2ccc(Br)cc2C)C1.Cl. The first kappa shape index (κ1) is 21.9. The second kappa shape index (κ2) is 10.8. The van der Waals surface area contributed by atoms with Crippen LogP contribution in [0.5, 0.6) is 0 Å². The molecule has 1 heterocycles. The number of benzene rings is 1. The molecule has 1 aromatic rings. The van der Waals surface area contributed by atoms with Gasteiger partial charge in [-0.25, -0.2) is 0 Å². The number of nitrogens with zero attached hydrogens (tertiary/aromatic N) is 1. The van der Waals surface area contributed by atoms with E-state index in [0.29, 0.717) is 18.7 Å². The van der Waals surface area contributed by atoms with Crippen molar-refractivity contribution < 1.29 is 9.59 Å². The van der Waals surface area contributed by atoms with Crippen LogP contribution in [0.15, 0.2) is 22.7 Å². The van der Waals surface area contributed by atoms with Gasteiger partial charge in [-0.1, -0.05) is 15.9 Å². The summed E-state index contributed by atoms with van der Waals surface area (Å²) in [5.41, 5.74) is 1.67. The van der Waals surface area contributed by atoms with E-state index in [1.807, 2.05) is 37.1 Å². The third kappa shape index (κ3) is 6.28. The van der Waals surface area contributed by atoms with Crippen molar-refractivity contribution in [3.63, 3.8) is 0 Å². The van der Waals surface area contributed by atoms with E-state index in [4.69, 9.17) is 0 Å². The van der Waals surface area contributed by atoms with E-state index < -0.39 is 0 Å². The highest BCUT2D eigenvalue weighted by Crippen LogP contribution is 2.22. The van der Waals surface area contributed by atoms with Gasteiger partial charge in [-0.3, -0.25) is 9.59 Å². The van der Waals surface area contributed by atoms with Crippen LogP contribution in [0.2, 0.25) is 0 Å². The minimum atomic E-state index is -0.104. The number of carbonyl (C=O) groups is 2. The third-order valence-electron chi connectivity index (χ3n) is 4.40. The van der Waals surface area contributed by atoms with Crippen LogP contribution in [0.3, 0.4) is 0 Å². The van der Waals surface area contributed by atoms with Crippen molar-refractivity contribution in [2.24, 2.45) is 5.92 Å². The number of piperidine rings is 1. The zero-order chi connectivity index (χ0) is 17.5. The van der Waals surface area contributed by atoms with E-state index >= 15 is 0 Å². The highest BCUT2D eigenvalue weighted by molar-refractivity contribution is 9.10. The van der Waals surface area contributed by atoms with E-state index in [1.54, 1.807) is 0 Å². The van der Waals surface area contributed by atoms with Crippen LogP contribution < -0.4 is 10.6 Å². The van der Waals surface area contributed by atoms with Gasteiger partial charge in [0.05, 0.1) is 5.92 Å². The van der Waals surface area contributed by atoms with Gasteiger partial charge in [-0.15, -0.1) is 12.4 Å². The summed E-state index contributed by atoms with van der Waals surface area (Å²) in [4.78, 5) is 26.9. The lowest BCUT2D eigenvalue weighted by atomic mass is 9.96. The summed E-state index contributed by atoms with van der Waals surface area (Å²) in [6.45, 7) is 4.73. The molecule has 2 N–H and O–H groups in total. The monoisotopic (exact) mass is 431 g/mol. The lowest BCUT2D eigenvalue weighted by Gasteiger charge is -2.32. The van der Waals surface area contributed by atoms with Gasteiger partial charge in [0.1, 0.15) is 0 Å². The maximum atomic E-state index is 12.8. The molecular formula is C18H27BrClN3O2. The summed E-state index contributed by atoms with van der Waals surface area (Å²) in [5, 5.41) is 6.04. The molecule has 1 saturated heterocycles. The first-order valence-corrected chi connectivity index (χ1v) is 9.30. The Bertz CT molecular complexity index is 598. The van der Waals surface area contributed by atoms with Crippen molar-refractivity contribution in [1.82, 2.24) is 15.5 Å². The molecule has 1 aliphatic heterocycles. The molecule has 1 aliphatic rings. The molecule has 5 nitrogen and oxygen atoms in total. The summed E-state index contributed by atoms with van der Waals surface area (Å²) in [5.74, 6) is -0.0168. The van der Waals surface area contributed by atoms with Crippen LogP contribution in [0.4, 0.5) is 0 Å². The molecule has 0 saturated carbocycles. The third-order valence-corrected chi connectivity index (χ3v) is 4.89. The highest BCUT2D eigenvalue weighted by atomic mass is 79.9. The summed E-state index contributed by atoms with van der Waals surface area (Å²) in [6.07, 6.45) is 2.63. The van der Waals surface area contributed by atoms with E-state index in [2.05, 4.69) is 26.6 Å². The Balaban J connectivity index is 0.00000312. The maximum absolute atomic E-state index is 12.8. The van der Waals surface area contributed by atoms with Crippen molar-refractivity contribution in [1.29, 1.82) is 0 Å². The van der Waals surface area contributed by atoms with Gasteiger partial charge < -0.3 is 15.5 Å². The summed E-state index contributed by atoms with van der Waals surface area (Å²) in [7, 11) is 1.90. The average Bonchev–Trinajstić information content (AvgIpc) is 2.58. The van der Waals surface area contributed by atoms with Crippen molar-refractivity contribution in [3.05, 3.63) is 33.8 Å². The Morgan fingerprint density at radius 1 is 1.32 bits per heavy atom. The van der Waals surface area contributed by atoms with Crippen molar-refractivity contribution in [2.45, 2.75) is 26.2 Å². The molecule has 1 fully saturated rings. The minimum Gasteiger partial charge on any atom is -0.356 e. The molecule has 0 aliphatic carbocycles. The Morgan fingerprint density at radius 2 is 2.08 bits per heavy atom. The molecule has 1 aromatic carbocycles. The molecule has 140 valence electrons. The van der Waals surface area contributed by atoms with Gasteiger partial charge >= 0.3 is 0 Å². The molecule has 1 atom stereocenters. The largest absolute Gasteiger partial charge is 0.356 e. The number of amides is 2. The quantitative estimate of drug-likeness (QED) is 0.680.